The molecule has 0 bridgehead atoms. The fourth-order valence-corrected chi connectivity index (χ4v) is 4.72. The van der Waals surface area contributed by atoms with E-state index in [1.165, 1.54) is 32.8 Å². The number of benzene rings is 2. The number of nitrogens with zero attached hydrogens (tertiary/aromatic N) is 4. The number of pyridine rings is 1. The van der Waals surface area contributed by atoms with Gasteiger partial charge in [-0.1, -0.05) is 42.5 Å². The smallest absolute Gasteiger partial charge is 0.303 e. The van der Waals surface area contributed by atoms with Gasteiger partial charge in [-0.3, -0.25) is 9.36 Å². The van der Waals surface area contributed by atoms with Crippen LogP contribution in [0.15, 0.2) is 66.7 Å². The number of para-hydroxylation sites is 1. The molecule has 0 aliphatic heterocycles. The number of sulfonamides is 1. The van der Waals surface area contributed by atoms with E-state index in [0.29, 0.717) is 28.6 Å². The summed E-state index contributed by atoms with van der Waals surface area (Å²) in [6.45, 7) is 1.49. The maximum absolute atomic E-state index is 13.4. The molecule has 2 aromatic carbocycles. The third-order valence-electron chi connectivity index (χ3n) is 5.62. The largest absolute Gasteiger partial charge is 0.494 e. The maximum Gasteiger partial charge on any atom is 0.303 e. The quantitative estimate of drug-likeness (QED) is 0.329. The van der Waals surface area contributed by atoms with Crippen molar-refractivity contribution >= 4 is 29.4 Å². The highest BCUT2D eigenvalue weighted by Gasteiger charge is 2.31. The van der Waals surface area contributed by atoms with Gasteiger partial charge in [0.15, 0.2) is 5.82 Å². The van der Waals surface area contributed by atoms with Crippen LogP contribution in [0.3, 0.4) is 0 Å². The Kier molecular flexibility index (Phi) is 8.96. The number of aromatic nitrogens is 4. The number of ether oxygens (including phenoxy) is 3. The Bertz CT molecular complexity index is 1500. The molecule has 2 heterocycles. The van der Waals surface area contributed by atoms with Crippen LogP contribution in [0.1, 0.15) is 28.4 Å². The fraction of sp³-hybridized carbons (Fsp3) is 0.200. The van der Waals surface area contributed by atoms with Crippen LogP contribution < -0.4 is 18.9 Å². The van der Waals surface area contributed by atoms with Crippen LogP contribution in [0.25, 0.3) is 17.2 Å². The summed E-state index contributed by atoms with van der Waals surface area (Å²) < 4.78 is 46.0. The van der Waals surface area contributed by atoms with Crippen molar-refractivity contribution < 1.29 is 27.4 Å². The van der Waals surface area contributed by atoms with Gasteiger partial charge in [0.05, 0.1) is 21.3 Å². The minimum atomic E-state index is -4.14. The van der Waals surface area contributed by atoms with E-state index in [9.17, 15) is 13.2 Å². The zero-order chi connectivity index (χ0) is 26.6. The molecule has 1 N–H and O–H groups in total. The van der Waals surface area contributed by atoms with Crippen molar-refractivity contribution in [2.75, 3.05) is 21.3 Å². The number of hydrogen-bond acceptors (Lipinski definition) is 9. The SMILES string of the molecule is COc1cccc(-c2nnc(C(=O)NS(=O)(=O)[C@@H](C)c3ccccc3)n2-c2c(OC)cccc2OC)n1.S. The summed E-state index contributed by atoms with van der Waals surface area (Å²) in [5.74, 6) is -0.191. The van der Waals surface area contributed by atoms with Gasteiger partial charge in [-0.2, -0.15) is 13.5 Å². The van der Waals surface area contributed by atoms with Gasteiger partial charge in [-0.15, -0.1) is 10.2 Å². The van der Waals surface area contributed by atoms with Gasteiger partial charge >= 0.3 is 5.91 Å². The molecule has 38 heavy (non-hydrogen) atoms. The lowest BCUT2D eigenvalue weighted by Crippen LogP contribution is -2.35. The number of nitrogens with one attached hydrogen (secondary N) is 1. The van der Waals surface area contributed by atoms with Crippen molar-refractivity contribution in [1.29, 1.82) is 0 Å². The first-order valence-corrected chi connectivity index (χ1v) is 12.6. The summed E-state index contributed by atoms with van der Waals surface area (Å²) in [6, 6.07) is 18.6. The summed E-state index contributed by atoms with van der Waals surface area (Å²) >= 11 is 0. The second-order valence-electron chi connectivity index (χ2n) is 7.79. The average molecular weight is 558 g/mol. The van der Waals surface area contributed by atoms with Crippen LogP contribution in [-0.2, 0) is 10.0 Å². The molecule has 0 radical (unpaired) electrons. The van der Waals surface area contributed by atoms with E-state index in [1.54, 1.807) is 66.7 Å². The van der Waals surface area contributed by atoms with Crippen molar-refractivity contribution in [2.45, 2.75) is 12.2 Å². The number of amides is 1. The van der Waals surface area contributed by atoms with E-state index in [2.05, 4.69) is 19.9 Å². The summed E-state index contributed by atoms with van der Waals surface area (Å²) in [5.41, 5.74) is 1.13. The summed E-state index contributed by atoms with van der Waals surface area (Å²) in [7, 11) is 0.246. The normalized spacial score (nSPS) is 11.7. The minimum Gasteiger partial charge on any atom is -0.494 e. The molecule has 11 nitrogen and oxygen atoms in total. The molecule has 1 atom stereocenters. The lowest BCUT2D eigenvalue weighted by atomic mass is 10.2. The molecule has 13 heteroatoms. The first-order chi connectivity index (χ1) is 17.8. The van der Waals surface area contributed by atoms with Gasteiger partial charge in [-0.05, 0) is 30.7 Å². The van der Waals surface area contributed by atoms with E-state index in [-0.39, 0.29) is 30.8 Å². The predicted molar refractivity (Wildman–Crippen MR) is 146 cm³/mol. The van der Waals surface area contributed by atoms with Crippen molar-refractivity contribution in [3.05, 3.63) is 78.1 Å². The zero-order valence-corrected chi connectivity index (χ0v) is 22.9. The third-order valence-corrected chi connectivity index (χ3v) is 7.30. The Labute approximate surface area is 227 Å². The molecule has 0 aliphatic carbocycles. The lowest BCUT2D eigenvalue weighted by Gasteiger charge is -2.18. The maximum atomic E-state index is 13.4. The molecule has 4 rings (SSSR count). The molecule has 0 saturated heterocycles. The summed E-state index contributed by atoms with van der Waals surface area (Å²) in [5, 5.41) is 7.20. The second kappa shape index (κ2) is 12.0. The lowest BCUT2D eigenvalue weighted by molar-refractivity contribution is 0.0969. The van der Waals surface area contributed by atoms with Crippen LogP contribution in [0, 0.1) is 0 Å². The van der Waals surface area contributed by atoms with E-state index < -0.39 is 21.2 Å². The Morgan fingerprint density at radius 1 is 0.868 bits per heavy atom. The van der Waals surface area contributed by atoms with Crippen LogP contribution in [0.2, 0.25) is 0 Å². The van der Waals surface area contributed by atoms with Crippen LogP contribution in [-0.4, -0.2) is 55.4 Å². The van der Waals surface area contributed by atoms with Gasteiger partial charge < -0.3 is 14.2 Å². The van der Waals surface area contributed by atoms with E-state index >= 15 is 0 Å². The fourth-order valence-electron chi connectivity index (χ4n) is 3.68. The molecular weight excluding hydrogens is 530 g/mol. The zero-order valence-electron chi connectivity index (χ0n) is 21.1. The molecule has 0 spiro atoms. The van der Waals surface area contributed by atoms with Gasteiger partial charge in [0.2, 0.25) is 21.7 Å². The Morgan fingerprint density at radius 2 is 1.50 bits per heavy atom. The van der Waals surface area contributed by atoms with Gasteiger partial charge in [-0.25, -0.2) is 18.1 Å². The van der Waals surface area contributed by atoms with Crippen LogP contribution in [0.5, 0.6) is 17.4 Å². The molecular formula is C25H27N5O6S2. The van der Waals surface area contributed by atoms with Crippen LogP contribution >= 0.6 is 13.5 Å². The molecule has 0 unspecified atom stereocenters. The van der Waals surface area contributed by atoms with E-state index in [4.69, 9.17) is 14.2 Å². The molecule has 0 fully saturated rings. The molecule has 0 aliphatic rings. The predicted octanol–water partition coefficient (Wildman–Crippen LogP) is 3.29. The second-order valence-corrected chi connectivity index (χ2v) is 9.79. The molecule has 2 aromatic heterocycles. The van der Waals surface area contributed by atoms with Crippen molar-refractivity contribution in [3.63, 3.8) is 0 Å². The highest BCUT2D eigenvalue weighted by Crippen LogP contribution is 2.36. The molecule has 4 aromatic rings. The summed E-state index contributed by atoms with van der Waals surface area (Å²) in [4.78, 5) is 17.8. The minimum absolute atomic E-state index is 0. The number of carbonyl (C=O) groups is 1. The Hall–Kier alpha value is -4.10. The monoisotopic (exact) mass is 557 g/mol. The van der Waals surface area contributed by atoms with Gasteiger partial charge in [0, 0.05) is 6.07 Å². The Morgan fingerprint density at radius 3 is 2.11 bits per heavy atom. The number of carbonyl (C=O) groups excluding carboxylic acids is 1. The first kappa shape index (κ1) is 28.5. The van der Waals surface area contributed by atoms with Crippen LogP contribution in [0.4, 0.5) is 0 Å². The molecule has 1 amide bonds. The van der Waals surface area contributed by atoms with E-state index in [1.807, 2.05) is 0 Å². The molecule has 0 saturated carbocycles. The standard InChI is InChI=1S/C25H25N5O6S.H2S/c1-16(17-10-6-5-7-11-17)37(32,33)29-25(31)24-28-27-23(18-12-8-15-21(26-18)36-4)30(24)22-19(34-2)13-9-14-20(22)35-3;/h5-16H,1-4H3,(H,29,31);1H2/t16-;/m0./s1. The van der Waals surface area contributed by atoms with Crippen molar-refractivity contribution in [1.82, 2.24) is 24.5 Å². The topological polar surface area (TPSA) is 135 Å². The van der Waals surface area contributed by atoms with Crippen molar-refractivity contribution in [2.24, 2.45) is 0 Å². The third kappa shape index (κ3) is 5.58. The number of methoxy groups -OCH3 is 3. The highest BCUT2D eigenvalue weighted by atomic mass is 32.2. The molecule has 200 valence electrons. The highest BCUT2D eigenvalue weighted by molar-refractivity contribution is 7.90. The average Bonchev–Trinajstić information content (AvgIpc) is 3.37. The Balaban J connectivity index is 0.00000400. The summed E-state index contributed by atoms with van der Waals surface area (Å²) in [6.07, 6.45) is 0. The van der Waals surface area contributed by atoms with Gasteiger partial charge in [0.25, 0.3) is 0 Å². The van der Waals surface area contributed by atoms with Gasteiger partial charge in [0.1, 0.15) is 28.1 Å². The number of hydrogen-bond donors (Lipinski definition) is 1. The number of rotatable bonds is 9. The first-order valence-electron chi connectivity index (χ1n) is 11.1. The van der Waals surface area contributed by atoms with Crippen molar-refractivity contribution in [3.8, 4) is 34.6 Å². The van der Waals surface area contributed by atoms with E-state index in [0.717, 1.165) is 0 Å².